The van der Waals surface area contributed by atoms with Crippen LogP contribution in [0.3, 0.4) is 0 Å². The summed E-state index contributed by atoms with van der Waals surface area (Å²) < 4.78 is 0. The van der Waals surface area contributed by atoms with Crippen molar-refractivity contribution in [3.05, 3.63) is 42.0 Å². The molecule has 0 atom stereocenters. The summed E-state index contributed by atoms with van der Waals surface area (Å²) in [5.74, 6) is 1.69. The summed E-state index contributed by atoms with van der Waals surface area (Å²) in [6.45, 7) is 3.40. The van der Waals surface area contributed by atoms with Crippen molar-refractivity contribution in [2.24, 2.45) is 11.8 Å². The second-order valence-electron chi connectivity index (χ2n) is 6.32. The van der Waals surface area contributed by atoms with E-state index in [9.17, 15) is 5.26 Å². The number of anilines is 1. The van der Waals surface area contributed by atoms with Crippen LogP contribution in [0.25, 0.3) is 10.8 Å². The van der Waals surface area contributed by atoms with Crippen LogP contribution in [0.2, 0.25) is 0 Å². The van der Waals surface area contributed by atoms with Crippen LogP contribution >= 0.6 is 0 Å². The van der Waals surface area contributed by atoms with E-state index in [1.54, 1.807) is 0 Å². The first-order chi connectivity index (χ1) is 10.3. The molecule has 1 saturated carbocycles. The molecule has 0 spiro atoms. The van der Waals surface area contributed by atoms with Crippen molar-refractivity contribution >= 4 is 16.5 Å². The van der Waals surface area contributed by atoms with Gasteiger partial charge in [0.25, 0.3) is 0 Å². The Morgan fingerprint density at radius 3 is 2.48 bits per heavy atom. The van der Waals surface area contributed by atoms with Crippen molar-refractivity contribution in [3.8, 4) is 6.07 Å². The van der Waals surface area contributed by atoms with Crippen molar-refractivity contribution < 1.29 is 0 Å². The second kappa shape index (κ2) is 6.18. The number of rotatable bonds is 3. The molecule has 1 N–H and O–H groups in total. The SMILES string of the molecule is CC1CCC(CNc2ccc(C#N)c3ccccc23)CC1. The zero-order chi connectivity index (χ0) is 14.7. The monoisotopic (exact) mass is 278 g/mol. The molecule has 0 unspecified atom stereocenters. The van der Waals surface area contributed by atoms with Crippen LogP contribution in [0.4, 0.5) is 5.69 Å². The number of nitrogens with one attached hydrogen (secondary N) is 1. The Morgan fingerprint density at radius 2 is 1.76 bits per heavy atom. The van der Waals surface area contributed by atoms with E-state index in [4.69, 9.17) is 0 Å². The van der Waals surface area contributed by atoms with Gasteiger partial charge in [0.05, 0.1) is 11.6 Å². The Balaban J connectivity index is 1.77. The summed E-state index contributed by atoms with van der Waals surface area (Å²) in [6.07, 6.45) is 5.39. The Labute approximate surface area is 126 Å². The molecule has 2 aromatic carbocycles. The standard InChI is InChI=1S/C19H22N2/c1-14-6-8-15(9-7-14)13-21-19-11-10-16(12-20)17-4-2-3-5-18(17)19/h2-5,10-11,14-15,21H,6-9,13H2,1H3. The van der Waals surface area contributed by atoms with E-state index in [-0.39, 0.29) is 0 Å². The minimum absolute atomic E-state index is 0.752. The van der Waals surface area contributed by atoms with Crippen LogP contribution < -0.4 is 5.32 Å². The molecule has 3 rings (SSSR count). The third kappa shape index (κ3) is 3.03. The normalized spacial score (nSPS) is 21.9. The lowest BCUT2D eigenvalue weighted by Crippen LogP contribution is -2.20. The first kappa shape index (κ1) is 13.9. The maximum atomic E-state index is 9.21. The first-order valence-corrected chi connectivity index (χ1v) is 7.93. The fourth-order valence-electron chi connectivity index (χ4n) is 3.34. The minimum atomic E-state index is 0.752. The van der Waals surface area contributed by atoms with Crippen molar-refractivity contribution in [2.75, 3.05) is 11.9 Å². The van der Waals surface area contributed by atoms with E-state index in [2.05, 4.69) is 24.4 Å². The van der Waals surface area contributed by atoms with E-state index < -0.39 is 0 Å². The number of nitrogens with zero attached hydrogens (tertiary/aromatic N) is 1. The molecule has 2 nitrogen and oxygen atoms in total. The van der Waals surface area contributed by atoms with Gasteiger partial charge in [-0.1, -0.05) is 44.0 Å². The highest BCUT2D eigenvalue weighted by Crippen LogP contribution is 2.30. The fraction of sp³-hybridized carbons (Fsp3) is 0.421. The number of hydrogen-bond acceptors (Lipinski definition) is 2. The zero-order valence-electron chi connectivity index (χ0n) is 12.6. The van der Waals surface area contributed by atoms with Gasteiger partial charge in [-0.3, -0.25) is 0 Å². The van der Waals surface area contributed by atoms with Crippen LogP contribution in [-0.2, 0) is 0 Å². The molecule has 1 aliphatic carbocycles. The molecule has 0 radical (unpaired) electrons. The summed E-state index contributed by atoms with van der Waals surface area (Å²) in [4.78, 5) is 0. The van der Waals surface area contributed by atoms with Crippen LogP contribution in [-0.4, -0.2) is 6.54 Å². The highest BCUT2D eigenvalue weighted by Gasteiger charge is 2.18. The highest BCUT2D eigenvalue weighted by molar-refractivity contribution is 5.97. The third-order valence-corrected chi connectivity index (χ3v) is 4.76. The van der Waals surface area contributed by atoms with E-state index >= 15 is 0 Å². The van der Waals surface area contributed by atoms with Crippen molar-refractivity contribution in [2.45, 2.75) is 32.6 Å². The largest absolute Gasteiger partial charge is 0.384 e. The molecule has 1 aliphatic rings. The molecular weight excluding hydrogens is 256 g/mol. The summed E-state index contributed by atoms with van der Waals surface area (Å²) >= 11 is 0. The van der Waals surface area contributed by atoms with E-state index in [1.807, 2.05) is 30.3 Å². The Kier molecular flexibility index (Phi) is 4.10. The minimum Gasteiger partial charge on any atom is -0.384 e. The predicted molar refractivity (Wildman–Crippen MR) is 88.3 cm³/mol. The maximum absolute atomic E-state index is 9.21. The van der Waals surface area contributed by atoms with Gasteiger partial charge in [0.1, 0.15) is 0 Å². The van der Waals surface area contributed by atoms with Crippen LogP contribution in [0, 0.1) is 23.2 Å². The lowest BCUT2D eigenvalue weighted by atomic mass is 9.83. The van der Waals surface area contributed by atoms with Gasteiger partial charge >= 0.3 is 0 Å². The molecule has 2 aromatic rings. The molecule has 0 saturated heterocycles. The van der Waals surface area contributed by atoms with Crippen molar-refractivity contribution in [1.82, 2.24) is 0 Å². The van der Waals surface area contributed by atoms with Crippen molar-refractivity contribution in [3.63, 3.8) is 0 Å². The Hall–Kier alpha value is -2.01. The van der Waals surface area contributed by atoms with Gasteiger partial charge in [0.2, 0.25) is 0 Å². The van der Waals surface area contributed by atoms with Gasteiger partial charge in [-0.2, -0.15) is 5.26 Å². The lowest BCUT2D eigenvalue weighted by Gasteiger charge is -2.26. The molecule has 0 aliphatic heterocycles. The predicted octanol–water partition coefficient (Wildman–Crippen LogP) is 4.95. The molecule has 21 heavy (non-hydrogen) atoms. The summed E-state index contributed by atoms with van der Waals surface area (Å²) in [5, 5.41) is 15.0. The first-order valence-electron chi connectivity index (χ1n) is 7.93. The van der Waals surface area contributed by atoms with Gasteiger partial charge in [-0.05, 0) is 36.8 Å². The highest BCUT2D eigenvalue weighted by atomic mass is 14.9. The van der Waals surface area contributed by atoms with Gasteiger partial charge in [-0.15, -0.1) is 0 Å². The van der Waals surface area contributed by atoms with Crippen LogP contribution in [0.5, 0.6) is 0 Å². The quantitative estimate of drug-likeness (QED) is 0.862. The molecule has 108 valence electrons. The number of nitriles is 1. The van der Waals surface area contributed by atoms with E-state index in [0.717, 1.165) is 40.4 Å². The summed E-state index contributed by atoms with van der Waals surface area (Å²) in [7, 11) is 0. The number of fused-ring (bicyclic) bond motifs is 1. The summed E-state index contributed by atoms with van der Waals surface area (Å²) in [5.41, 5.74) is 1.91. The third-order valence-electron chi connectivity index (χ3n) is 4.76. The van der Waals surface area contributed by atoms with Crippen LogP contribution in [0.15, 0.2) is 36.4 Å². The second-order valence-corrected chi connectivity index (χ2v) is 6.32. The molecule has 2 heteroatoms. The Morgan fingerprint density at radius 1 is 1.05 bits per heavy atom. The van der Waals surface area contributed by atoms with Gasteiger partial charge in [-0.25, -0.2) is 0 Å². The molecule has 0 heterocycles. The van der Waals surface area contributed by atoms with E-state index in [1.165, 1.54) is 25.7 Å². The molecule has 0 bridgehead atoms. The van der Waals surface area contributed by atoms with Gasteiger partial charge in [0.15, 0.2) is 0 Å². The average Bonchev–Trinajstić information content (AvgIpc) is 2.54. The fourth-order valence-corrected chi connectivity index (χ4v) is 3.34. The number of hydrogen-bond donors (Lipinski definition) is 1. The zero-order valence-corrected chi connectivity index (χ0v) is 12.6. The summed E-state index contributed by atoms with van der Waals surface area (Å²) in [6, 6.07) is 14.4. The molecule has 0 amide bonds. The molecular formula is C19H22N2. The van der Waals surface area contributed by atoms with Crippen LogP contribution in [0.1, 0.15) is 38.2 Å². The number of benzene rings is 2. The van der Waals surface area contributed by atoms with Gasteiger partial charge in [0, 0.05) is 23.0 Å². The Bertz CT molecular complexity index is 661. The topological polar surface area (TPSA) is 35.8 Å². The smallest absolute Gasteiger partial charge is 0.0998 e. The van der Waals surface area contributed by atoms with Gasteiger partial charge < -0.3 is 5.32 Å². The molecule has 1 fully saturated rings. The van der Waals surface area contributed by atoms with E-state index in [0.29, 0.717) is 0 Å². The van der Waals surface area contributed by atoms with Crippen molar-refractivity contribution in [1.29, 1.82) is 5.26 Å². The lowest BCUT2D eigenvalue weighted by molar-refractivity contribution is 0.300. The maximum Gasteiger partial charge on any atom is 0.0998 e. The molecule has 0 aromatic heterocycles. The average molecular weight is 278 g/mol.